The molecule has 0 radical (unpaired) electrons. The number of amides is 2. The third-order valence-corrected chi connectivity index (χ3v) is 5.94. The lowest BCUT2D eigenvalue weighted by Crippen LogP contribution is -2.43. The molecule has 0 saturated carbocycles. The molecule has 3 aromatic rings. The van der Waals surface area contributed by atoms with Crippen LogP contribution >= 0.6 is 0 Å². The van der Waals surface area contributed by atoms with Crippen molar-refractivity contribution in [2.45, 2.75) is 52.1 Å². The van der Waals surface area contributed by atoms with E-state index < -0.39 is 29.8 Å². The van der Waals surface area contributed by atoms with Gasteiger partial charge in [0.1, 0.15) is 17.2 Å². The number of ether oxygens (including phenoxy) is 2. The first-order chi connectivity index (χ1) is 17.8. The van der Waals surface area contributed by atoms with Crippen molar-refractivity contribution in [2.75, 3.05) is 18.4 Å². The lowest BCUT2D eigenvalue weighted by molar-refractivity contribution is -0.274. The molecule has 2 heterocycles. The normalized spacial score (nSPS) is 15.0. The van der Waals surface area contributed by atoms with E-state index in [-0.39, 0.29) is 29.7 Å². The van der Waals surface area contributed by atoms with E-state index in [9.17, 15) is 27.2 Å². The predicted octanol–water partition coefficient (Wildman–Crippen LogP) is 5.71. The van der Waals surface area contributed by atoms with Crippen LogP contribution in [0.5, 0.6) is 5.75 Å². The van der Waals surface area contributed by atoms with Crippen molar-refractivity contribution >= 4 is 29.0 Å². The average molecular weight is 537 g/mol. The smallest absolute Gasteiger partial charge is 0.444 e. The van der Waals surface area contributed by atoms with Gasteiger partial charge in [-0.05, 0) is 63.4 Å². The molecule has 2 amide bonds. The highest BCUT2D eigenvalue weighted by Crippen LogP contribution is 2.27. The van der Waals surface area contributed by atoms with E-state index in [0.29, 0.717) is 37.0 Å². The summed E-state index contributed by atoms with van der Waals surface area (Å²) >= 11 is 0. The average Bonchev–Trinajstić information content (AvgIpc) is 3.12. The molecule has 1 aliphatic rings. The zero-order valence-corrected chi connectivity index (χ0v) is 21.1. The Balaban J connectivity index is 1.51. The Morgan fingerprint density at radius 1 is 1.08 bits per heavy atom. The van der Waals surface area contributed by atoms with Crippen LogP contribution in [0.4, 0.5) is 28.3 Å². The van der Waals surface area contributed by atoms with E-state index in [4.69, 9.17) is 4.74 Å². The summed E-state index contributed by atoms with van der Waals surface area (Å²) in [6.07, 6.45) is -4.44. The zero-order valence-electron chi connectivity index (χ0n) is 21.1. The monoisotopic (exact) mass is 536 g/mol. The van der Waals surface area contributed by atoms with Crippen LogP contribution in [-0.4, -0.2) is 51.5 Å². The number of benzene rings is 2. The van der Waals surface area contributed by atoms with Crippen LogP contribution in [0.25, 0.3) is 11.0 Å². The summed E-state index contributed by atoms with van der Waals surface area (Å²) in [5, 5.41) is 2.79. The number of imidazole rings is 1. The summed E-state index contributed by atoms with van der Waals surface area (Å²) in [7, 11) is 0. The minimum Gasteiger partial charge on any atom is -0.444 e. The molecular formula is C26H28F4N4O4. The predicted molar refractivity (Wildman–Crippen MR) is 131 cm³/mol. The molecule has 0 bridgehead atoms. The quantitative estimate of drug-likeness (QED) is 0.423. The van der Waals surface area contributed by atoms with Gasteiger partial charge in [0.15, 0.2) is 0 Å². The van der Waals surface area contributed by atoms with Crippen LogP contribution in [-0.2, 0) is 16.1 Å². The van der Waals surface area contributed by atoms with Gasteiger partial charge in [-0.3, -0.25) is 10.1 Å². The summed E-state index contributed by atoms with van der Waals surface area (Å²) in [5.41, 5.74) is 0.602. The second kappa shape index (κ2) is 10.5. The van der Waals surface area contributed by atoms with E-state index >= 15 is 0 Å². The summed E-state index contributed by atoms with van der Waals surface area (Å²) in [6.45, 7) is 6.08. The number of aromatic nitrogens is 2. The molecule has 204 valence electrons. The highest BCUT2D eigenvalue weighted by Gasteiger charge is 2.32. The van der Waals surface area contributed by atoms with Crippen LogP contribution in [0.1, 0.15) is 39.2 Å². The van der Waals surface area contributed by atoms with Gasteiger partial charge in [-0.25, -0.2) is 14.2 Å². The fourth-order valence-electron chi connectivity index (χ4n) is 4.24. The van der Waals surface area contributed by atoms with Crippen molar-refractivity contribution in [2.24, 2.45) is 5.92 Å². The second-order valence-electron chi connectivity index (χ2n) is 10.1. The maximum atomic E-state index is 13.9. The SMILES string of the molecule is CC(C)(C)OC(=O)N1CCC(C(=O)Nc2nc3cc(F)ccc3n2Cc2cccc(OC(F)(F)F)c2)CC1. The van der Waals surface area contributed by atoms with Gasteiger partial charge in [-0.1, -0.05) is 12.1 Å². The zero-order chi connectivity index (χ0) is 27.7. The fourth-order valence-corrected chi connectivity index (χ4v) is 4.24. The Morgan fingerprint density at radius 3 is 2.45 bits per heavy atom. The Kier molecular flexibility index (Phi) is 7.52. The summed E-state index contributed by atoms with van der Waals surface area (Å²) in [5.74, 6) is -1.49. The Labute approximate surface area is 216 Å². The largest absolute Gasteiger partial charge is 0.573 e. The molecule has 1 saturated heterocycles. The number of hydrogen-bond donors (Lipinski definition) is 1. The molecule has 2 aromatic carbocycles. The first-order valence-corrected chi connectivity index (χ1v) is 12.1. The minimum absolute atomic E-state index is 0.0455. The number of alkyl halides is 3. The maximum absolute atomic E-state index is 13.9. The standard InChI is InChI=1S/C26H28F4N4O4/c1-25(2,3)38-24(36)33-11-9-17(10-12-33)22(35)32-23-31-20-14-18(27)7-8-21(20)34(23)15-16-5-4-6-19(13-16)37-26(28,29)30/h4-8,13-14,17H,9-12,15H2,1-3H3,(H,31,32,35). The van der Waals surface area contributed by atoms with Crippen molar-refractivity contribution in [3.05, 3.63) is 53.8 Å². The number of carbonyl (C=O) groups excluding carboxylic acids is 2. The molecule has 0 unspecified atom stereocenters. The summed E-state index contributed by atoms with van der Waals surface area (Å²) in [6, 6.07) is 9.39. The van der Waals surface area contributed by atoms with Crippen molar-refractivity contribution in [3.63, 3.8) is 0 Å². The van der Waals surface area contributed by atoms with Gasteiger partial charge < -0.3 is 18.9 Å². The number of anilines is 1. The van der Waals surface area contributed by atoms with Gasteiger partial charge >= 0.3 is 12.5 Å². The number of halogens is 4. The molecule has 1 fully saturated rings. The van der Waals surface area contributed by atoms with Crippen molar-refractivity contribution in [3.8, 4) is 5.75 Å². The third kappa shape index (κ3) is 6.93. The van der Waals surface area contributed by atoms with Gasteiger partial charge in [-0.15, -0.1) is 13.2 Å². The lowest BCUT2D eigenvalue weighted by Gasteiger charge is -2.32. The number of fused-ring (bicyclic) bond motifs is 1. The molecule has 8 nitrogen and oxygen atoms in total. The van der Waals surface area contributed by atoms with Crippen LogP contribution in [0.2, 0.25) is 0 Å². The van der Waals surface area contributed by atoms with E-state index in [2.05, 4.69) is 15.0 Å². The van der Waals surface area contributed by atoms with Gasteiger partial charge in [0, 0.05) is 25.1 Å². The van der Waals surface area contributed by atoms with Crippen molar-refractivity contribution in [1.82, 2.24) is 14.5 Å². The van der Waals surface area contributed by atoms with E-state index in [1.54, 1.807) is 36.3 Å². The van der Waals surface area contributed by atoms with Crippen LogP contribution in [0, 0.1) is 11.7 Å². The van der Waals surface area contributed by atoms with Gasteiger partial charge in [0.2, 0.25) is 11.9 Å². The molecule has 0 aliphatic carbocycles. The van der Waals surface area contributed by atoms with Crippen molar-refractivity contribution < 1.29 is 36.6 Å². The Hall–Kier alpha value is -3.83. The summed E-state index contributed by atoms with van der Waals surface area (Å²) < 4.78 is 62.9. The molecule has 1 aromatic heterocycles. The first kappa shape index (κ1) is 27.2. The number of nitrogens with zero attached hydrogens (tertiary/aromatic N) is 3. The van der Waals surface area contributed by atoms with E-state index in [1.807, 2.05) is 0 Å². The lowest BCUT2D eigenvalue weighted by atomic mass is 9.96. The van der Waals surface area contributed by atoms with E-state index in [0.717, 1.165) is 0 Å². The van der Waals surface area contributed by atoms with Crippen molar-refractivity contribution in [1.29, 1.82) is 0 Å². The third-order valence-electron chi connectivity index (χ3n) is 5.94. The number of likely N-dealkylation sites (tertiary alicyclic amines) is 1. The molecule has 1 aliphatic heterocycles. The highest BCUT2D eigenvalue weighted by molar-refractivity contribution is 5.93. The number of carbonyl (C=O) groups is 2. The first-order valence-electron chi connectivity index (χ1n) is 12.1. The maximum Gasteiger partial charge on any atom is 0.573 e. The number of piperidine rings is 1. The van der Waals surface area contributed by atoms with Crippen LogP contribution < -0.4 is 10.1 Å². The molecule has 0 spiro atoms. The number of rotatable bonds is 5. The molecular weight excluding hydrogens is 508 g/mol. The van der Waals surface area contributed by atoms with Crippen LogP contribution in [0.3, 0.4) is 0 Å². The number of nitrogens with one attached hydrogen (secondary N) is 1. The van der Waals surface area contributed by atoms with Gasteiger partial charge in [-0.2, -0.15) is 0 Å². The Morgan fingerprint density at radius 2 is 1.79 bits per heavy atom. The summed E-state index contributed by atoms with van der Waals surface area (Å²) in [4.78, 5) is 31.4. The molecule has 38 heavy (non-hydrogen) atoms. The van der Waals surface area contributed by atoms with E-state index in [1.165, 1.54) is 36.4 Å². The molecule has 0 atom stereocenters. The second-order valence-corrected chi connectivity index (χ2v) is 10.1. The minimum atomic E-state index is -4.84. The molecule has 1 N–H and O–H groups in total. The van der Waals surface area contributed by atoms with Crippen LogP contribution in [0.15, 0.2) is 42.5 Å². The Bertz CT molecular complexity index is 1330. The molecule has 12 heteroatoms. The van der Waals surface area contributed by atoms with Gasteiger partial charge in [0.25, 0.3) is 0 Å². The topological polar surface area (TPSA) is 85.7 Å². The number of hydrogen-bond acceptors (Lipinski definition) is 5. The fraction of sp³-hybridized carbons (Fsp3) is 0.423. The highest BCUT2D eigenvalue weighted by atomic mass is 19.4. The van der Waals surface area contributed by atoms with Gasteiger partial charge in [0.05, 0.1) is 17.6 Å². The molecule has 4 rings (SSSR count).